The zero-order chi connectivity index (χ0) is 20.4. The Kier molecular flexibility index (Phi) is 4.42. The maximum Gasteiger partial charge on any atom is 0.235 e. The molecule has 8 nitrogen and oxygen atoms in total. The van der Waals surface area contributed by atoms with E-state index in [9.17, 15) is 13.2 Å². The number of nitrogens with zero attached hydrogens (tertiary/aromatic N) is 4. The lowest BCUT2D eigenvalue weighted by molar-refractivity contribution is -0.113. The van der Waals surface area contributed by atoms with Crippen LogP contribution in [0, 0.1) is 20.8 Å². The van der Waals surface area contributed by atoms with Crippen LogP contribution in [0.5, 0.6) is 0 Å². The largest absolute Gasteiger partial charge is 0.310 e. The van der Waals surface area contributed by atoms with Gasteiger partial charge in [0.2, 0.25) is 5.91 Å². The highest BCUT2D eigenvalue weighted by Crippen LogP contribution is 2.46. The van der Waals surface area contributed by atoms with Gasteiger partial charge < -0.3 is 5.32 Å². The lowest BCUT2D eigenvalue weighted by Gasteiger charge is -2.25. The van der Waals surface area contributed by atoms with Crippen molar-refractivity contribution in [2.45, 2.75) is 44.9 Å². The Morgan fingerprint density at radius 2 is 1.86 bits per heavy atom. The average molecular weight is 424 g/mol. The summed E-state index contributed by atoms with van der Waals surface area (Å²) in [5.74, 6) is 1.32. The fraction of sp³-hybridized carbons (Fsp3) is 0.611. The first-order valence-electron chi connectivity index (χ1n) is 9.24. The van der Waals surface area contributed by atoms with Crippen molar-refractivity contribution >= 4 is 33.3 Å². The van der Waals surface area contributed by atoms with Gasteiger partial charge in [-0.25, -0.2) is 8.42 Å². The molecule has 0 bridgehead atoms. The maximum atomic E-state index is 12.2. The van der Waals surface area contributed by atoms with Gasteiger partial charge in [-0.2, -0.15) is 10.2 Å². The van der Waals surface area contributed by atoms with E-state index >= 15 is 0 Å². The normalized spacial score (nSPS) is 26.8. The molecule has 1 fully saturated rings. The molecule has 1 N–H and O–H groups in total. The van der Waals surface area contributed by atoms with Crippen LogP contribution in [0.25, 0.3) is 0 Å². The van der Waals surface area contributed by atoms with Gasteiger partial charge in [0.25, 0.3) is 0 Å². The molecule has 152 valence electrons. The summed E-state index contributed by atoms with van der Waals surface area (Å²) in [6.07, 6.45) is 0.561. The third-order valence-electron chi connectivity index (χ3n) is 5.77. The molecule has 2 aromatic rings. The van der Waals surface area contributed by atoms with Crippen molar-refractivity contribution in [1.82, 2.24) is 19.6 Å². The van der Waals surface area contributed by atoms with Crippen molar-refractivity contribution in [3.8, 4) is 0 Å². The third kappa shape index (κ3) is 2.97. The molecule has 10 heteroatoms. The number of carbonyl (C=O) groups is 1. The van der Waals surface area contributed by atoms with Gasteiger partial charge in [-0.1, -0.05) is 0 Å². The van der Waals surface area contributed by atoms with Gasteiger partial charge in [-0.15, -0.1) is 11.8 Å². The molecule has 0 aromatic carbocycles. The topological polar surface area (TPSA) is 98.9 Å². The molecule has 4 rings (SSSR count). The summed E-state index contributed by atoms with van der Waals surface area (Å²) in [6.45, 7) is 7.87. The van der Waals surface area contributed by atoms with Crippen LogP contribution in [0.1, 0.15) is 46.8 Å². The number of hydrogen-bond acceptors (Lipinski definition) is 6. The molecule has 2 aromatic heterocycles. The molecule has 1 saturated heterocycles. The number of hydrogen-bond donors (Lipinski definition) is 1. The Hall–Kier alpha value is -1.81. The first-order valence-corrected chi connectivity index (χ1v) is 12.1. The van der Waals surface area contributed by atoms with E-state index in [0.29, 0.717) is 12.2 Å². The molecule has 0 spiro atoms. The number of sulfone groups is 1. The summed E-state index contributed by atoms with van der Waals surface area (Å²) in [5.41, 5.74) is 4.20. The first kappa shape index (κ1) is 19.5. The molecule has 0 aliphatic carbocycles. The highest BCUT2D eigenvalue weighted by atomic mass is 32.2. The van der Waals surface area contributed by atoms with E-state index in [2.05, 4.69) is 10.4 Å². The van der Waals surface area contributed by atoms with Crippen LogP contribution in [0.3, 0.4) is 0 Å². The van der Waals surface area contributed by atoms with Crippen molar-refractivity contribution in [3.05, 3.63) is 28.2 Å². The number of anilines is 1. The van der Waals surface area contributed by atoms with E-state index in [4.69, 9.17) is 5.10 Å². The highest BCUT2D eigenvalue weighted by molar-refractivity contribution is 8.00. The quantitative estimate of drug-likeness (QED) is 0.791. The Labute approximate surface area is 169 Å². The first-order chi connectivity index (χ1) is 13.0. The molecule has 4 heterocycles. The minimum Gasteiger partial charge on any atom is -0.310 e. The molecule has 28 heavy (non-hydrogen) atoms. The lowest BCUT2D eigenvalue weighted by atomic mass is 9.99. The second-order valence-corrected chi connectivity index (χ2v) is 11.3. The summed E-state index contributed by atoms with van der Waals surface area (Å²) >= 11 is 1.56. The SMILES string of the molecule is Cc1nn(C)c2c1[C@H](c1c(C)nn([C@]3(C)CCS(=O)(=O)C3)c1C)SCC(=O)N2. The van der Waals surface area contributed by atoms with E-state index in [1.165, 1.54) is 0 Å². The highest BCUT2D eigenvalue weighted by Gasteiger charge is 2.43. The predicted octanol–water partition coefficient (Wildman–Crippen LogP) is 1.85. The fourth-order valence-corrected chi connectivity index (χ4v) is 7.95. The van der Waals surface area contributed by atoms with Crippen LogP contribution in [-0.2, 0) is 27.2 Å². The second-order valence-electron chi connectivity index (χ2n) is 8.05. The van der Waals surface area contributed by atoms with Crippen LogP contribution in [-0.4, -0.2) is 51.1 Å². The number of aromatic nitrogens is 4. The van der Waals surface area contributed by atoms with Crippen LogP contribution >= 0.6 is 11.8 Å². The Balaban J connectivity index is 1.86. The standard InChI is InChI=1S/C18H25N5O3S2/c1-10-14(12(3)23(21-10)18(4)6-7-28(25,26)9-18)16-15-11(2)20-22(5)17(15)19-13(24)8-27-16/h16H,6-9H2,1-5H3,(H,19,24)/t16-,18+/m0/s1. The monoisotopic (exact) mass is 423 g/mol. The van der Waals surface area contributed by atoms with E-state index in [1.54, 1.807) is 16.4 Å². The van der Waals surface area contributed by atoms with Crippen molar-refractivity contribution in [1.29, 1.82) is 0 Å². The molecular weight excluding hydrogens is 398 g/mol. The summed E-state index contributed by atoms with van der Waals surface area (Å²) in [5, 5.41) is 12.2. The summed E-state index contributed by atoms with van der Waals surface area (Å²) in [4.78, 5) is 12.2. The number of aryl methyl sites for hydroxylation is 3. The van der Waals surface area contributed by atoms with Crippen molar-refractivity contribution < 1.29 is 13.2 Å². The van der Waals surface area contributed by atoms with Crippen molar-refractivity contribution in [2.24, 2.45) is 7.05 Å². The summed E-state index contributed by atoms with van der Waals surface area (Å²) in [6, 6.07) is 0. The van der Waals surface area contributed by atoms with Crippen LogP contribution in [0.4, 0.5) is 5.82 Å². The molecular formula is C18H25N5O3S2. The van der Waals surface area contributed by atoms with Crippen molar-refractivity contribution in [3.63, 3.8) is 0 Å². The van der Waals surface area contributed by atoms with E-state index in [0.717, 1.165) is 34.0 Å². The Morgan fingerprint density at radius 3 is 2.50 bits per heavy atom. The molecule has 2 aliphatic heterocycles. The van der Waals surface area contributed by atoms with Gasteiger partial charge in [0.1, 0.15) is 5.82 Å². The lowest BCUT2D eigenvalue weighted by Crippen LogP contribution is -2.33. The van der Waals surface area contributed by atoms with E-state index < -0.39 is 15.4 Å². The van der Waals surface area contributed by atoms with Gasteiger partial charge in [0.05, 0.1) is 39.4 Å². The van der Waals surface area contributed by atoms with Crippen LogP contribution < -0.4 is 5.32 Å². The minimum atomic E-state index is -3.05. The molecule has 0 unspecified atom stereocenters. The van der Waals surface area contributed by atoms with Gasteiger partial charge in [-0.3, -0.25) is 14.2 Å². The van der Waals surface area contributed by atoms with Gasteiger partial charge in [0, 0.05) is 23.9 Å². The van der Waals surface area contributed by atoms with Gasteiger partial charge >= 0.3 is 0 Å². The molecule has 0 saturated carbocycles. The molecule has 2 aliphatic rings. The zero-order valence-corrected chi connectivity index (χ0v) is 18.4. The Morgan fingerprint density at radius 1 is 1.18 bits per heavy atom. The second kappa shape index (κ2) is 6.35. The van der Waals surface area contributed by atoms with Crippen LogP contribution in [0.15, 0.2) is 0 Å². The maximum absolute atomic E-state index is 12.2. The number of amides is 1. The average Bonchev–Trinajstić information content (AvgIpc) is 3.09. The smallest absolute Gasteiger partial charge is 0.235 e. The number of thioether (sulfide) groups is 1. The Bertz CT molecular complexity index is 1090. The fourth-order valence-electron chi connectivity index (χ4n) is 4.50. The van der Waals surface area contributed by atoms with Crippen LogP contribution in [0.2, 0.25) is 0 Å². The zero-order valence-electron chi connectivity index (χ0n) is 16.7. The van der Waals surface area contributed by atoms with Gasteiger partial charge in [0.15, 0.2) is 9.84 Å². The van der Waals surface area contributed by atoms with Gasteiger partial charge in [-0.05, 0) is 34.1 Å². The van der Waals surface area contributed by atoms with E-state index in [1.807, 2.05) is 39.4 Å². The number of nitrogens with one attached hydrogen (secondary N) is 1. The third-order valence-corrected chi connectivity index (χ3v) is 8.89. The number of fused-ring (bicyclic) bond motifs is 1. The summed E-state index contributed by atoms with van der Waals surface area (Å²) < 4.78 is 27.8. The number of rotatable bonds is 2. The van der Waals surface area contributed by atoms with Crippen molar-refractivity contribution in [2.75, 3.05) is 22.6 Å². The molecule has 2 atom stereocenters. The number of carbonyl (C=O) groups excluding carboxylic acids is 1. The molecule has 1 amide bonds. The minimum absolute atomic E-state index is 0.0479. The predicted molar refractivity (Wildman–Crippen MR) is 109 cm³/mol. The summed E-state index contributed by atoms with van der Waals surface area (Å²) in [7, 11) is -1.22. The van der Waals surface area contributed by atoms with E-state index in [-0.39, 0.29) is 22.7 Å². The molecule has 0 radical (unpaired) electrons.